The van der Waals surface area contributed by atoms with Crippen LogP contribution in [0.1, 0.15) is 47.2 Å². The molecule has 2 N–H and O–H groups in total. The van der Waals surface area contributed by atoms with Gasteiger partial charge in [-0.15, -0.1) is 0 Å². The Morgan fingerprint density at radius 2 is 1.60 bits per heavy atom. The quantitative estimate of drug-likeness (QED) is 0.680. The Labute approximate surface area is 125 Å². The molecule has 0 aromatic carbocycles. The minimum absolute atomic E-state index is 0.432. The Balaban J connectivity index is 3.30. The fourth-order valence-electron chi connectivity index (χ4n) is 2.72. The van der Waals surface area contributed by atoms with Crippen LogP contribution in [0, 0.1) is 11.2 Å². The minimum atomic E-state index is -1.06. The van der Waals surface area contributed by atoms with Crippen molar-refractivity contribution in [3.63, 3.8) is 0 Å². The van der Waals surface area contributed by atoms with E-state index in [1.807, 2.05) is 7.85 Å². The summed E-state index contributed by atoms with van der Waals surface area (Å²) in [6.45, 7) is 13.6. The summed E-state index contributed by atoms with van der Waals surface area (Å²) in [6, 6.07) is 0. The van der Waals surface area contributed by atoms with Crippen molar-refractivity contribution in [3.05, 3.63) is 11.9 Å². The van der Waals surface area contributed by atoms with Gasteiger partial charge < -0.3 is 5.73 Å². The van der Waals surface area contributed by atoms with Crippen LogP contribution >= 0.6 is 10.0 Å². The Morgan fingerprint density at radius 1 is 1.10 bits per heavy atom. The molecule has 0 saturated carbocycles. The first-order valence-electron chi connectivity index (χ1n) is 7.13. The van der Waals surface area contributed by atoms with Crippen LogP contribution in [0.2, 0.25) is 0 Å². The molecular formula is C15H26BN3S. The Morgan fingerprint density at radius 3 is 2.00 bits per heavy atom. The normalized spacial score (nSPS) is 12.7. The second-order valence-electron chi connectivity index (χ2n) is 5.88. The lowest BCUT2D eigenvalue weighted by molar-refractivity contribution is 0.959. The molecule has 20 heavy (non-hydrogen) atoms. The summed E-state index contributed by atoms with van der Waals surface area (Å²) >= 11 is 0. The molecule has 0 aliphatic heterocycles. The Bertz CT molecular complexity index is 508. The second kappa shape index (κ2) is 6.54. The van der Waals surface area contributed by atoms with Crippen LogP contribution in [-0.4, -0.2) is 33.6 Å². The van der Waals surface area contributed by atoms with E-state index in [1.165, 1.54) is 0 Å². The van der Waals surface area contributed by atoms with Crippen LogP contribution in [0.15, 0.2) is 6.20 Å². The highest BCUT2D eigenvalue weighted by Crippen LogP contribution is 2.59. The van der Waals surface area contributed by atoms with Crippen molar-refractivity contribution >= 4 is 29.3 Å². The molecule has 0 atom stereocenters. The number of hydrogen-bond donors (Lipinski definition) is 1. The van der Waals surface area contributed by atoms with Crippen molar-refractivity contribution in [2.45, 2.75) is 57.3 Å². The molecule has 1 aromatic rings. The zero-order chi connectivity index (χ0) is 15.5. The van der Waals surface area contributed by atoms with E-state index in [0.717, 1.165) is 5.59 Å². The van der Waals surface area contributed by atoms with Gasteiger partial charge in [-0.1, -0.05) is 41.5 Å². The first-order chi connectivity index (χ1) is 9.21. The smallest absolute Gasteiger partial charge is 0.166 e. The lowest BCUT2D eigenvalue weighted by atomic mass is 10.1. The average molecular weight is 291 g/mol. The third-order valence-electron chi connectivity index (χ3n) is 3.61. The maximum absolute atomic E-state index is 5.91. The molecule has 1 rings (SSSR count). The molecule has 0 radical (unpaired) electrons. The highest BCUT2D eigenvalue weighted by Gasteiger charge is 2.33. The summed E-state index contributed by atoms with van der Waals surface area (Å²) in [4.78, 5) is 8.54. The number of nitrogens with zero attached hydrogens (tertiary/aromatic N) is 2. The van der Waals surface area contributed by atoms with E-state index in [2.05, 4.69) is 62.7 Å². The van der Waals surface area contributed by atoms with E-state index < -0.39 is 10.0 Å². The summed E-state index contributed by atoms with van der Waals surface area (Å²) in [7, 11) is 0.826. The number of rotatable bonds is 3. The molecule has 110 valence electrons. The lowest BCUT2D eigenvalue weighted by Crippen LogP contribution is -2.27. The molecule has 0 saturated heterocycles. The summed E-state index contributed by atoms with van der Waals surface area (Å²) in [5, 5.41) is 5.21. The van der Waals surface area contributed by atoms with E-state index in [1.54, 1.807) is 6.20 Å². The van der Waals surface area contributed by atoms with E-state index in [4.69, 9.17) is 5.73 Å². The first kappa shape index (κ1) is 16.9. The van der Waals surface area contributed by atoms with E-state index >= 15 is 0 Å². The standard InChI is InChI=1S/C15H26BN3S/c1-10(2)20(11(3)4,12(5)6)8-7-13-15(17)19-14(16)9-18-13/h9-12H,16H2,1-6H3,(H2,17,19). The Kier molecular flexibility index (Phi) is 5.53. The number of hydrogen-bond acceptors (Lipinski definition) is 3. The third-order valence-corrected chi connectivity index (χ3v) is 8.74. The van der Waals surface area contributed by atoms with Crippen molar-refractivity contribution in [2.24, 2.45) is 0 Å². The summed E-state index contributed by atoms with van der Waals surface area (Å²) in [6.07, 6.45) is 1.72. The van der Waals surface area contributed by atoms with Crippen LogP contribution < -0.4 is 11.3 Å². The zero-order valence-electron chi connectivity index (χ0n) is 13.7. The fraction of sp³-hybridized carbons (Fsp3) is 0.600. The monoisotopic (exact) mass is 291 g/mol. The van der Waals surface area contributed by atoms with E-state index in [0.29, 0.717) is 27.3 Å². The van der Waals surface area contributed by atoms with Gasteiger partial charge in [-0.2, -0.15) is 10.0 Å². The molecule has 0 bridgehead atoms. The van der Waals surface area contributed by atoms with Gasteiger partial charge in [-0.25, -0.2) is 9.97 Å². The van der Waals surface area contributed by atoms with Gasteiger partial charge in [0.2, 0.25) is 0 Å². The van der Waals surface area contributed by atoms with Crippen LogP contribution in [0.5, 0.6) is 0 Å². The van der Waals surface area contributed by atoms with E-state index in [-0.39, 0.29) is 0 Å². The van der Waals surface area contributed by atoms with Crippen molar-refractivity contribution in [1.82, 2.24) is 9.97 Å². The van der Waals surface area contributed by atoms with Gasteiger partial charge in [0.25, 0.3) is 0 Å². The predicted molar refractivity (Wildman–Crippen MR) is 94.5 cm³/mol. The Hall–Kier alpha value is -1.15. The lowest BCUT2D eigenvalue weighted by Gasteiger charge is -2.46. The largest absolute Gasteiger partial charge is 0.381 e. The minimum Gasteiger partial charge on any atom is -0.381 e. The highest BCUT2D eigenvalue weighted by atomic mass is 32.3. The zero-order valence-corrected chi connectivity index (χ0v) is 14.5. The number of aromatic nitrogens is 2. The van der Waals surface area contributed by atoms with Crippen LogP contribution in [-0.2, 0) is 0 Å². The third kappa shape index (κ3) is 3.30. The molecule has 0 aliphatic rings. The molecule has 1 heterocycles. The molecule has 3 nitrogen and oxygen atoms in total. The number of nitrogen functional groups attached to an aromatic ring is 1. The van der Waals surface area contributed by atoms with Gasteiger partial charge in [-0.3, -0.25) is 0 Å². The van der Waals surface area contributed by atoms with Crippen LogP contribution in [0.25, 0.3) is 0 Å². The maximum Gasteiger partial charge on any atom is 0.166 e. The number of nitrogens with two attached hydrogens (primary N) is 1. The summed E-state index contributed by atoms with van der Waals surface area (Å²) in [5.74, 6) is 3.65. The highest BCUT2D eigenvalue weighted by molar-refractivity contribution is 8.38. The van der Waals surface area contributed by atoms with Gasteiger partial charge in [0, 0.05) is 11.8 Å². The van der Waals surface area contributed by atoms with Crippen LogP contribution in [0.3, 0.4) is 0 Å². The van der Waals surface area contributed by atoms with Gasteiger partial charge in [0.05, 0.1) is 0 Å². The van der Waals surface area contributed by atoms with Crippen molar-refractivity contribution in [1.29, 1.82) is 0 Å². The van der Waals surface area contributed by atoms with Gasteiger partial charge in [0.1, 0.15) is 0 Å². The molecule has 0 unspecified atom stereocenters. The van der Waals surface area contributed by atoms with Crippen molar-refractivity contribution in [3.8, 4) is 11.2 Å². The van der Waals surface area contributed by atoms with Gasteiger partial charge in [-0.05, 0) is 26.9 Å². The van der Waals surface area contributed by atoms with Crippen molar-refractivity contribution < 1.29 is 0 Å². The average Bonchev–Trinajstić information content (AvgIpc) is 2.30. The topological polar surface area (TPSA) is 51.8 Å². The molecule has 0 aliphatic carbocycles. The molecular weight excluding hydrogens is 265 g/mol. The summed E-state index contributed by atoms with van der Waals surface area (Å²) in [5.41, 5.74) is 7.34. The molecule has 1 aromatic heterocycles. The summed E-state index contributed by atoms with van der Waals surface area (Å²) < 4.78 is 0. The maximum atomic E-state index is 5.91. The van der Waals surface area contributed by atoms with E-state index in [9.17, 15) is 0 Å². The van der Waals surface area contributed by atoms with Gasteiger partial charge in [0.15, 0.2) is 19.4 Å². The second-order valence-corrected chi connectivity index (χ2v) is 10.4. The molecule has 0 amide bonds. The number of anilines is 1. The molecule has 5 heteroatoms. The predicted octanol–water partition coefficient (Wildman–Crippen LogP) is 1.66. The van der Waals surface area contributed by atoms with Crippen LogP contribution in [0.4, 0.5) is 5.82 Å². The van der Waals surface area contributed by atoms with Crippen molar-refractivity contribution in [2.75, 3.05) is 5.73 Å². The SMILES string of the molecule is Bc1cnc(C#CS(C(C)C)(C(C)C)C(C)C)c(N)n1. The molecule has 0 spiro atoms. The fourth-order valence-corrected chi connectivity index (χ4v) is 6.96. The first-order valence-corrected chi connectivity index (χ1v) is 8.95. The molecule has 0 fully saturated rings. The van der Waals surface area contributed by atoms with Gasteiger partial charge >= 0.3 is 0 Å².